The van der Waals surface area contributed by atoms with Crippen molar-refractivity contribution in [1.82, 2.24) is 4.90 Å². The van der Waals surface area contributed by atoms with Crippen LogP contribution in [0.25, 0.3) is 0 Å². The molecule has 2 N–H and O–H groups in total. The Morgan fingerprint density at radius 1 is 1.10 bits per heavy atom. The van der Waals surface area contributed by atoms with Gasteiger partial charge in [0.05, 0.1) is 18.1 Å². The van der Waals surface area contributed by atoms with E-state index in [0.29, 0.717) is 25.2 Å². The number of hydrogen-bond acceptors (Lipinski definition) is 6. The molecule has 0 saturated heterocycles. The fourth-order valence-corrected chi connectivity index (χ4v) is 1.79. The molecular formula is C13H18N2O5. The SMILES string of the molecule is O=C(CCN(CCO)CCO)c1ccc([N+](=O)[O-])cc1. The van der Waals surface area contributed by atoms with Gasteiger partial charge in [0.25, 0.3) is 5.69 Å². The van der Waals surface area contributed by atoms with Gasteiger partial charge in [-0.25, -0.2) is 0 Å². The van der Waals surface area contributed by atoms with Crippen LogP contribution in [0, 0.1) is 10.1 Å². The van der Waals surface area contributed by atoms with Gasteiger partial charge in [-0.3, -0.25) is 19.8 Å². The van der Waals surface area contributed by atoms with Crippen LogP contribution in [-0.2, 0) is 0 Å². The molecule has 0 atom stereocenters. The van der Waals surface area contributed by atoms with Gasteiger partial charge in [0.1, 0.15) is 0 Å². The molecular weight excluding hydrogens is 264 g/mol. The summed E-state index contributed by atoms with van der Waals surface area (Å²) < 4.78 is 0. The average molecular weight is 282 g/mol. The third-order valence-electron chi connectivity index (χ3n) is 2.89. The van der Waals surface area contributed by atoms with Gasteiger partial charge in [0.2, 0.25) is 0 Å². The van der Waals surface area contributed by atoms with E-state index in [2.05, 4.69) is 0 Å². The highest BCUT2D eigenvalue weighted by Gasteiger charge is 2.11. The fourth-order valence-electron chi connectivity index (χ4n) is 1.79. The lowest BCUT2D eigenvalue weighted by molar-refractivity contribution is -0.384. The fraction of sp³-hybridized carbons (Fsp3) is 0.462. The maximum absolute atomic E-state index is 11.9. The number of aliphatic hydroxyl groups is 2. The van der Waals surface area contributed by atoms with Crippen molar-refractivity contribution in [2.24, 2.45) is 0 Å². The van der Waals surface area contributed by atoms with Crippen molar-refractivity contribution in [3.05, 3.63) is 39.9 Å². The predicted molar refractivity (Wildman–Crippen MR) is 72.7 cm³/mol. The average Bonchev–Trinajstić information content (AvgIpc) is 2.45. The summed E-state index contributed by atoms with van der Waals surface area (Å²) in [6.07, 6.45) is 0.234. The van der Waals surface area contributed by atoms with Crippen molar-refractivity contribution in [2.45, 2.75) is 6.42 Å². The zero-order valence-corrected chi connectivity index (χ0v) is 11.1. The first-order chi connectivity index (χ1) is 9.58. The molecule has 0 saturated carbocycles. The normalized spacial score (nSPS) is 10.8. The molecule has 0 aliphatic heterocycles. The topological polar surface area (TPSA) is 104 Å². The molecule has 7 nitrogen and oxygen atoms in total. The van der Waals surface area contributed by atoms with Gasteiger partial charge < -0.3 is 10.2 Å². The van der Waals surface area contributed by atoms with Crippen molar-refractivity contribution in [3.63, 3.8) is 0 Å². The number of hydrogen-bond donors (Lipinski definition) is 2. The molecule has 1 aromatic carbocycles. The molecule has 0 bridgehead atoms. The summed E-state index contributed by atoms with van der Waals surface area (Å²) in [4.78, 5) is 23.7. The second-order valence-electron chi connectivity index (χ2n) is 4.27. The van der Waals surface area contributed by atoms with Gasteiger partial charge in [-0.2, -0.15) is 0 Å². The predicted octanol–water partition coefficient (Wildman–Crippen LogP) is 0.454. The zero-order chi connectivity index (χ0) is 15.0. The van der Waals surface area contributed by atoms with E-state index in [4.69, 9.17) is 10.2 Å². The molecule has 0 radical (unpaired) electrons. The molecule has 7 heteroatoms. The van der Waals surface area contributed by atoms with Crippen molar-refractivity contribution >= 4 is 11.5 Å². The first kappa shape index (κ1) is 16.2. The van der Waals surface area contributed by atoms with Crippen molar-refractivity contribution in [1.29, 1.82) is 0 Å². The van der Waals surface area contributed by atoms with Crippen LogP contribution >= 0.6 is 0 Å². The summed E-state index contributed by atoms with van der Waals surface area (Å²) in [5, 5.41) is 28.2. The Morgan fingerprint density at radius 3 is 2.10 bits per heavy atom. The largest absolute Gasteiger partial charge is 0.395 e. The number of nitro benzene ring substituents is 1. The Bertz CT molecular complexity index is 441. The van der Waals surface area contributed by atoms with E-state index in [0.717, 1.165) is 0 Å². The zero-order valence-electron chi connectivity index (χ0n) is 11.1. The van der Waals surface area contributed by atoms with E-state index in [9.17, 15) is 14.9 Å². The van der Waals surface area contributed by atoms with Crippen LogP contribution in [0.1, 0.15) is 16.8 Å². The van der Waals surface area contributed by atoms with E-state index < -0.39 is 4.92 Å². The highest BCUT2D eigenvalue weighted by molar-refractivity contribution is 5.96. The van der Waals surface area contributed by atoms with E-state index in [1.54, 1.807) is 4.90 Å². The van der Waals surface area contributed by atoms with Crippen molar-refractivity contribution < 1.29 is 19.9 Å². The molecule has 20 heavy (non-hydrogen) atoms. The van der Waals surface area contributed by atoms with Gasteiger partial charge in [0.15, 0.2) is 5.78 Å². The van der Waals surface area contributed by atoms with E-state index in [1.807, 2.05) is 0 Å². The minimum absolute atomic E-state index is 0.0360. The third-order valence-corrected chi connectivity index (χ3v) is 2.89. The van der Waals surface area contributed by atoms with Crippen LogP contribution in [0.3, 0.4) is 0 Å². The number of non-ortho nitro benzene ring substituents is 1. The third kappa shape index (κ3) is 5.04. The van der Waals surface area contributed by atoms with Crippen LogP contribution in [0.5, 0.6) is 0 Å². The Hall–Kier alpha value is -1.83. The van der Waals surface area contributed by atoms with Crippen LogP contribution in [0.4, 0.5) is 5.69 Å². The monoisotopic (exact) mass is 282 g/mol. The second kappa shape index (κ2) is 8.36. The maximum Gasteiger partial charge on any atom is 0.269 e. The van der Waals surface area contributed by atoms with Crippen LogP contribution in [-0.4, -0.2) is 58.7 Å². The lowest BCUT2D eigenvalue weighted by atomic mass is 10.1. The van der Waals surface area contributed by atoms with Crippen LogP contribution < -0.4 is 0 Å². The summed E-state index contributed by atoms with van der Waals surface area (Å²) in [6, 6.07) is 5.46. The number of nitro groups is 1. The van der Waals surface area contributed by atoms with Gasteiger partial charge >= 0.3 is 0 Å². The Morgan fingerprint density at radius 2 is 1.65 bits per heavy atom. The summed E-state index contributed by atoms with van der Waals surface area (Å²) in [5.74, 6) is -0.124. The smallest absolute Gasteiger partial charge is 0.269 e. The molecule has 0 amide bonds. The molecule has 1 aromatic rings. The van der Waals surface area contributed by atoms with E-state index in [-0.39, 0.29) is 31.1 Å². The standard InChI is InChI=1S/C13H18N2O5/c16-9-7-14(8-10-17)6-5-13(18)11-1-3-12(4-2-11)15(19)20/h1-4,16-17H,5-10H2. The number of carbonyl (C=O) groups is 1. The van der Waals surface area contributed by atoms with E-state index >= 15 is 0 Å². The number of benzene rings is 1. The number of ketones is 1. The van der Waals surface area contributed by atoms with E-state index in [1.165, 1.54) is 24.3 Å². The summed E-state index contributed by atoms with van der Waals surface area (Å²) in [5.41, 5.74) is 0.368. The number of Topliss-reactive ketones (excluding diaryl/α,β-unsaturated/α-hetero) is 1. The lowest BCUT2D eigenvalue weighted by Crippen LogP contribution is -2.31. The summed E-state index contributed by atoms with van der Waals surface area (Å²) in [6.45, 7) is 1.15. The molecule has 0 aromatic heterocycles. The molecule has 0 fully saturated rings. The number of nitrogens with zero attached hydrogens (tertiary/aromatic N) is 2. The van der Waals surface area contributed by atoms with Crippen LogP contribution in [0.2, 0.25) is 0 Å². The molecule has 110 valence electrons. The number of carbonyl (C=O) groups excluding carboxylic acids is 1. The first-order valence-corrected chi connectivity index (χ1v) is 6.30. The van der Waals surface area contributed by atoms with Gasteiger partial charge in [-0.15, -0.1) is 0 Å². The van der Waals surface area contributed by atoms with Crippen molar-refractivity contribution in [2.75, 3.05) is 32.8 Å². The van der Waals surface area contributed by atoms with Gasteiger partial charge in [-0.1, -0.05) is 0 Å². The first-order valence-electron chi connectivity index (χ1n) is 6.30. The second-order valence-corrected chi connectivity index (χ2v) is 4.27. The highest BCUT2D eigenvalue weighted by atomic mass is 16.6. The lowest BCUT2D eigenvalue weighted by Gasteiger charge is -2.19. The number of rotatable bonds is 9. The Labute approximate surface area is 116 Å². The number of aliphatic hydroxyl groups excluding tert-OH is 2. The summed E-state index contributed by atoms with van der Waals surface area (Å²) >= 11 is 0. The molecule has 0 aliphatic carbocycles. The Balaban J connectivity index is 2.55. The molecule has 1 rings (SSSR count). The minimum atomic E-state index is -0.515. The molecule has 0 heterocycles. The van der Waals surface area contributed by atoms with Crippen molar-refractivity contribution in [3.8, 4) is 0 Å². The highest BCUT2D eigenvalue weighted by Crippen LogP contribution is 2.13. The molecule has 0 spiro atoms. The quantitative estimate of drug-likeness (QED) is 0.387. The molecule has 0 unspecified atom stereocenters. The summed E-state index contributed by atoms with van der Waals surface area (Å²) in [7, 11) is 0. The Kier molecular flexibility index (Phi) is 6.78. The molecule has 0 aliphatic rings. The maximum atomic E-state index is 11.9. The minimum Gasteiger partial charge on any atom is -0.395 e. The van der Waals surface area contributed by atoms with Crippen LogP contribution in [0.15, 0.2) is 24.3 Å². The van der Waals surface area contributed by atoms with Gasteiger partial charge in [0, 0.05) is 43.8 Å². The van der Waals surface area contributed by atoms with Gasteiger partial charge in [-0.05, 0) is 12.1 Å².